The number of nitriles is 1. The van der Waals surface area contributed by atoms with Crippen LogP contribution in [-0.2, 0) is 11.3 Å². The van der Waals surface area contributed by atoms with Crippen LogP contribution in [0.1, 0.15) is 27.0 Å². The van der Waals surface area contributed by atoms with Crippen molar-refractivity contribution < 1.29 is 9.53 Å². The Balaban J connectivity index is 1.72. The maximum atomic E-state index is 13.1. The van der Waals surface area contributed by atoms with Gasteiger partial charge in [0.25, 0.3) is 0 Å². The van der Waals surface area contributed by atoms with Gasteiger partial charge in [-0.05, 0) is 36.2 Å². The van der Waals surface area contributed by atoms with Gasteiger partial charge in [0, 0.05) is 10.9 Å². The highest BCUT2D eigenvalue weighted by Crippen LogP contribution is 2.30. The zero-order valence-corrected chi connectivity index (χ0v) is 15.9. The second kappa shape index (κ2) is 7.95. The van der Waals surface area contributed by atoms with Crippen molar-refractivity contribution in [1.29, 1.82) is 5.26 Å². The minimum Gasteiger partial charge on any atom is -0.457 e. The quantitative estimate of drug-likeness (QED) is 0.444. The molecule has 0 radical (unpaired) electrons. The summed E-state index contributed by atoms with van der Waals surface area (Å²) in [6.07, 6.45) is 0. The molecule has 140 valence electrons. The third-order valence-electron chi connectivity index (χ3n) is 4.84. The van der Waals surface area contributed by atoms with Gasteiger partial charge in [-0.15, -0.1) is 0 Å². The maximum absolute atomic E-state index is 13.1. The van der Waals surface area contributed by atoms with Gasteiger partial charge in [-0.2, -0.15) is 5.26 Å². The van der Waals surface area contributed by atoms with Crippen LogP contribution in [0.5, 0.6) is 0 Å². The predicted octanol–water partition coefficient (Wildman–Crippen LogP) is 5.44. The number of rotatable bonds is 4. The van der Waals surface area contributed by atoms with E-state index >= 15 is 0 Å². The van der Waals surface area contributed by atoms with E-state index in [-0.39, 0.29) is 12.6 Å². The molecule has 29 heavy (non-hydrogen) atoms. The number of carbonyl (C=O) groups excluding carboxylic acids is 1. The molecule has 0 saturated heterocycles. The third kappa shape index (κ3) is 3.71. The van der Waals surface area contributed by atoms with Crippen molar-refractivity contribution in [2.45, 2.75) is 13.5 Å². The van der Waals surface area contributed by atoms with Gasteiger partial charge in [0.1, 0.15) is 6.61 Å². The minimum atomic E-state index is -0.386. The summed E-state index contributed by atoms with van der Waals surface area (Å²) in [5, 5.41) is 9.68. The Morgan fingerprint density at radius 1 is 0.966 bits per heavy atom. The molecule has 4 nitrogen and oxygen atoms in total. The fraction of sp³-hybridized carbons (Fsp3) is 0.0800. The van der Waals surface area contributed by atoms with Crippen LogP contribution in [0.2, 0.25) is 0 Å². The Morgan fingerprint density at radius 2 is 1.66 bits per heavy atom. The molecule has 0 spiro atoms. The van der Waals surface area contributed by atoms with E-state index in [1.165, 1.54) is 0 Å². The molecule has 0 amide bonds. The Kier molecular flexibility index (Phi) is 5.05. The molecule has 0 aliphatic rings. The van der Waals surface area contributed by atoms with E-state index in [2.05, 4.69) is 6.07 Å². The number of ether oxygens (including phenoxy) is 1. The summed E-state index contributed by atoms with van der Waals surface area (Å²) in [5.41, 5.74) is 5.21. The third-order valence-corrected chi connectivity index (χ3v) is 4.84. The lowest BCUT2D eigenvalue weighted by atomic mass is 9.98. The molecule has 0 aliphatic carbocycles. The van der Waals surface area contributed by atoms with Crippen LogP contribution < -0.4 is 0 Å². The molecule has 0 atom stereocenters. The molecule has 4 rings (SSSR count). The molecule has 4 aromatic rings. The van der Waals surface area contributed by atoms with Crippen molar-refractivity contribution in [2.24, 2.45) is 0 Å². The van der Waals surface area contributed by atoms with E-state index in [0.29, 0.717) is 11.1 Å². The largest absolute Gasteiger partial charge is 0.457 e. The van der Waals surface area contributed by atoms with Crippen LogP contribution in [0.3, 0.4) is 0 Å². The summed E-state index contributed by atoms with van der Waals surface area (Å²) in [6, 6.07) is 26.5. The molecule has 1 aromatic heterocycles. The molecule has 0 N–H and O–H groups in total. The smallest absolute Gasteiger partial charge is 0.339 e. The predicted molar refractivity (Wildman–Crippen MR) is 112 cm³/mol. The average Bonchev–Trinajstić information content (AvgIpc) is 2.78. The Morgan fingerprint density at radius 3 is 2.38 bits per heavy atom. The summed E-state index contributed by atoms with van der Waals surface area (Å²) < 4.78 is 5.62. The molecular weight excluding hydrogens is 360 g/mol. The monoisotopic (exact) mass is 378 g/mol. The van der Waals surface area contributed by atoms with E-state index in [1.807, 2.05) is 61.5 Å². The van der Waals surface area contributed by atoms with Crippen molar-refractivity contribution >= 4 is 16.9 Å². The van der Waals surface area contributed by atoms with Crippen LogP contribution in [-0.4, -0.2) is 11.0 Å². The van der Waals surface area contributed by atoms with Crippen LogP contribution in [0.25, 0.3) is 22.2 Å². The van der Waals surface area contributed by atoms with E-state index in [1.54, 1.807) is 24.3 Å². The van der Waals surface area contributed by atoms with Gasteiger partial charge in [-0.3, -0.25) is 0 Å². The number of hydrogen-bond acceptors (Lipinski definition) is 4. The van der Waals surface area contributed by atoms with E-state index in [0.717, 1.165) is 33.3 Å². The van der Waals surface area contributed by atoms with Gasteiger partial charge >= 0.3 is 5.97 Å². The van der Waals surface area contributed by atoms with Crippen LogP contribution in [0.15, 0.2) is 78.9 Å². The van der Waals surface area contributed by atoms with Gasteiger partial charge in [-0.25, -0.2) is 9.78 Å². The number of nitrogens with zero attached hydrogens (tertiary/aromatic N) is 2. The highest BCUT2D eigenvalue weighted by atomic mass is 16.5. The zero-order chi connectivity index (χ0) is 20.2. The standard InChI is InChI=1S/C25H18N2O2/c1-17-23(25(28)29-16-19-13-11-18(15-26)12-14-19)21-9-5-6-10-22(21)27-24(17)20-7-3-2-4-8-20/h2-14H,16H2,1H3. The number of aromatic nitrogens is 1. The highest BCUT2D eigenvalue weighted by Gasteiger charge is 2.20. The first kappa shape index (κ1) is 18.4. The second-order valence-corrected chi connectivity index (χ2v) is 6.73. The molecule has 0 saturated carbocycles. The van der Waals surface area contributed by atoms with Gasteiger partial charge < -0.3 is 4.74 Å². The molecule has 0 fully saturated rings. The number of pyridine rings is 1. The van der Waals surface area contributed by atoms with Gasteiger partial charge in [0.2, 0.25) is 0 Å². The van der Waals surface area contributed by atoms with Crippen molar-refractivity contribution in [1.82, 2.24) is 4.98 Å². The van der Waals surface area contributed by atoms with Crippen molar-refractivity contribution in [3.05, 3.63) is 101 Å². The van der Waals surface area contributed by atoms with Crippen molar-refractivity contribution in [3.63, 3.8) is 0 Å². The lowest BCUT2D eigenvalue weighted by molar-refractivity contribution is 0.0474. The van der Waals surface area contributed by atoms with Gasteiger partial charge in [0.15, 0.2) is 0 Å². The molecule has 3 aromatic carbocycles. The highest BCUT2D eigenvalue weighted by molar-refractivity contribution is 6.06. The van der Waals surface area contributed by atoms with Gasteiger partial charge in [-0.1, -0.05) is 60.7 Å². The first-order chi connectivity index (χ1) is 14.2. The molecule has 0 bridgehead atoms. The van der Waals surface area contributed by atoms with E-state index in [9.17, 15) is 4.79 Å². The van der Waals surface area contributed by atoms with Gasteiger partial charge in [0.05, 0.1) is 28.4 Å². The van der Waals surface area contributed by atoms with Crippen molar-refractivity contribution in [2.75, 3.05) is 0 Å². The van der Waals surface area contributed by atoms with E-state index in [4.69, 9.17) is 15.0 Å². The number of hydrogen-bond donors (Lipinski definition) is 0. The van der Waals surface area contributed by atoms with Crippen LogP contribution >= 0.6 is 0 Å². The molecular formula is C25H18N2O2. The lowest BCUT2D eigenvalue weighted by Crippen LogP contribution is -2.10. The second-order valence-electron chi connectivity index (χ2n) is 6.73. The molecule has 0 aliphatic heterocycles. The lowest BCUT2D eigenvalue weighted by Gasteiger charge is -2.14. The summed E-state index contributed by atoms with van der Waals surface area (Å²) in [7, 11) is 0. The topological polar surface area (TPSA) is 63.0 Å². The normalized spacial score (nSPS) is 10.5. The zero-order valence-electron chi connectivity index (χ0n) is 15.9. The average molecular weight is 378 g/mol. The molecule has 4 heteroatoms. The van der Waals surface area contributed by atoms with Crippen LogP contribution in [0.4, 0.5) is 0 Å². The SMILES string of the molecule is Cc1c(-c2ccccc2)nc2ccccc2c1C(=O)OCc1ccc(C#N)cc1. The summed E-state index contributed by atoms with van der Waals surface area (Å²) >= 11 is 0. The fourth-order valence-electron chi connectivity index (χ4n) is 3.34. The number of benzene rings is 3. The fourth-order valence-corrected chi connectivity index (χ4v) is 3.34. The number of esters is 1. The Labute approximate surface area is 169 Å². The Hall–Kier alpha value is -3.97. The summed E-state index contributed by atoms with van der Waals surface area (Å²) in [5.74, 6) is -0.386. The molecule has 0 unspecified atom stereocenters. The number of carbonyl (C=O) groups is 1. The summed E-state index contributed by atoms with van der Waals surface area (Å²) in [6.45, 7) is 2.04. The maximum Gasteiger partial charge on any atom is 0.339 e. The minimum absolute atomic E-state index is 0.140. The summed E-state index contributed by atoms with van der Waals surface area (Å²) in [4.78, 5) is 17.8. The first-order valence-corrected chi connectivity index (χ1v) is 9.28. The van der Waals surface area contributed by atoms with Crippen molar-refractivity contribution in [3.8, 4) is 17.3 Å². The number of fused-ring (bicyclic) bond motifs is 1. The molecule has 1 heterocycles. The van der Waals surface area contributed by atoms with Crippen LogP contribution in [0, 0.1) is 18.3 Å². The van der Waals surface area contributed by atoms with E-state index < -0.39 is 0 Å². The Bertz CT molecular complexity index is 1220. The number of para-hydroxylation sites is 1. The first-order valence-electron chi connectivity index (χ1n) is 9.28.